The monoisotopic (exact) mass is 289 g/mol. The van der Waals surface area contributed by atoms with E-state index in [1.807, 2.05) is 19.9 Å². The molecular formula is C17H23NO3. The third-order valence-electron chi connectivity index (χ3n) is 3.99. The van der Waals surface area contributed by atoms with Crippen LogP contribution < -0.4 is 0 Å². The molecule has 2 rings (SSSR count). The van der Waals surface area contributed by atoms with Crippen molar-refractivity contribution in [1.82, 2.24) is 4.90 Å². The summed E-state index contributed by atoms with van der Waals surface area (Å²) >= 11 is 0. The molecule has 0 unspecified atom stereocenters. The Balaban J connectivity index is 2.06. The van der Waals surface area contributed by atoms with Gasteiger partial charge in [0.05, 0.1) is 13.5 Å². The summed E-state index contributed by atoms with van der Waals surface area (Å²) in [6.45, 7) is 3.82. The number of methoxy groups -OCH3 is 1. The number of carbonyl (C=O) groups is 2. The number of esters is 1. The van der Waals surface area contributed by atoms with Gasteiger partial charge in [-0.3, -0.25) is 9.59 Å². The molecule has 21 heavy (non-hydrogen) atoms. The third-order valence-corrected chi connectivity index (χ3v) is 3.99. The van der Waals surface area contributed by atoms with E-state index in [0.717, 1.165) is 18.4 Å². The number of aryl methyl sites for hydroxylation is 2. The number of rotatable bonds is 5. The minimum atomic E-state index is -0.383. The van der Waals surface area contributed by atoms with Gasteiger partial charge in [0.25, 0.3) is 0 Å². The van der Waals surface area contributed by atoms with Gasteiger partial charge in [0.2, 0.25) is 5.91 Å². The number of ether oxygens (including phenoxy) is 1. The predicted octanol–water partition coefficient (Wildman–Crippen LogP) is 2.13. The quantitative estimate of drug-likeness (QED) is 0.780. The van der Waals surface area contributed by atoms with Gasteiger partial charge in [0, 0.05) is 6.04 Å². The zero-order valence-corrected chi connectivity index (χ0v) is 13.0. The van der Waals surface area contributed by atoms with E-state index in [-0.39, 0.29) is 24.5 Å². The molecule has 0 saturated heterocycles. The Bertz CT molecular complexity index is 537. The van der Waals surface area contributed by atoms with Crippen molar-refractivity contribution >= 4 is 11.9 Å². The van der Waals surface area contributed by atoms with Crippen molar-refractivity contribution in [2.45, 2.75) is 45.6 Å². The fraction of sp³-hybridized carbons (Fsp3) is 0.529. The molecule has 4 heteroatoms. The van der Waals surface area contributed by atoms with Crippen molar-refractivity contribution in [2.24, 2.45) is 0 Å². The average molecular weight is 289 g/mol. The summed E-state index contributed by atoms with van der Waals surface area (Å²) in [5.41, 5.74) is 3.79. The molecule has 1 aromatic rings. The molecule has 0 spiro atoms. The van der Waals surface area contributed by atoms with Crippen LogP contribution in [0.1, 0.15) is 37.0 Å². The number of hydrogen-bond acceptors (Lipinski definition) is 3. The number of fused-ring (bicyclic) bond motifs is 1. The predicted molar refractivity (Wildman–Crippen MR) is 81.0 cm³/mol. The van der Waals surface area contributed by atoms with E-state index in [1.165, 1.54) is 24.7 Å². The minimum Gasteiger partial charge on any atom is -0.468 e. The lowest BCUT2D eigenvalue weighted by atomic mass is 10.0. The Kier molecular flexibility index (Phi) is 4.99. The summed E-state index contributed by atoms with van der Waals surface area (Å²) in [7, 11) is 1.34. The molecule has 0 aromatic heterocycles. The summed E-state index contributed by atoms with van der Waals surface area (Å²) in [6.07, 6.45) is 3.78. The number of benzene rings is 1. The Morgan fingerprint density at radius 3 is 2.62 bits per heavy atom. The molecule has 1 aliphatic carbocycles. The second-order valence-electron chi connectivity index (χ2n) is 5.82. The summed E-state index contributed by atoms with van der Waals surface area (Å²) < 4.78 is 4.66. The van der Waals surface area contributed by atoms with Gasteiger partial charge in [-0.15, -0.1) is 0 Å². The summed E-state index contributed by atoms with van der Waals surface area (Å²) in [4.78, 5) is 25.4. The maximum atomic E-state index is 12.4. The second kappa shape index (κ2) is 6.74. The van der Waals surface area contributed by atoms with Crippen molar-refractivity contribution in [3.8, 4) is 0 Å². The SMILES string of the molecule is COC(=O)CN(C(=O)Cc1ccc2c(c1)CCC2)C(C)C. The highest BCUT2D eigenvalue weighted by atomic mass is 16.5. The van der Waals surface area contributed by atoms with Crippen molar-refractivity contribution in [3.63, 3.8) is 0 Å². The molecule has 0 fully saturated rings. The molecule has 1 amide bonds. The van der Waals surface area contributed by atoms with Crippen LogP contribution in [0.25, 0.3) is 0 Å². The van der Waals surface area contributed by atoms with Crippen molar-refractivity contribution in [1.29, 1.82) is 0 Å². The van der Waals surface area contributed by atoms with E-state index < -0.39 is 0 Å². The van der Waals surface area contributed by atoms with Crippen molar-refractivity contribution in [3.05, 3.63) is 34.9 Å². The van der Waals surface area contributed by atoms with Crippen LogP contribution in [0, 0.1) is 0 Å². The lowest BCUT2D eigenvalue weighted by molar-refractivity contribution is -0.148. The Labute approximate surface area is 126 Å². The molecule has 0 saturated carbocycles. The average Bonchev–Trinajstić information content (AvgIpc) is 2.91. The maximum absolute atomic E-state index is 12.4. The Hall–Kier alpha value is -1.84. The van der Waals surface area contributed by atoms with Crippen LogP contribution >= 0.6 is 0 Å². The first-order valence-corrected chi connectivity index (χ1v) is 7.48. The first-order chi connectivity index (χ1) is 10.0. The zero-order valence-electron chi connectivity index (χ0n) is 13.0. The van der Waals surface area contributed by atoms with E-state index >= 15 is 0 Å². The summed E-state index contributed by atoms with van der Waals surface area (Å²) in [5.74, 6) is -0.417. The Morgan fingerprint density at radius 1 is 1.24 bits per heavy atom. The molecule has 0 atom stereocenters. The van der Waals surface area contributed by atoms with E-state index in [1.54, 1.807) is 4.90 Å². The van der Waals surface area contributed by atoms with Crippen molar-refractivity contribution in [2.75, 3.05) is 13.7 Å². The zero-order chi connectivity index (χ0) is 15.4. The van der Waals surface area contributed by atoms with E-state index in [0.29, 0.717) is 6.42 Å². The van der Waals surface area contributed by atoms with Crippen LogP contribution in [-0.4, -0.2) is 36.5 Å². The fourth-order valence-electron chi connectivity index (χ4n) is 2.77. The normalized spacial score (nSPS) is 13.1. The summed E-state index contributed by atoms with van der Waals surface area (Å²) in [6, 6.07) is 6.27. The Morgan fingerprint density at radius 2 is 1.95 bits per heavy atom. The smallest absolute Gasteiger partial charge is 0.325 e. The lowest BCUT2D eigenvalue weighted by Crippen LogP contribution is -2.41. The largest absolute Gasteiger partial charge is 0.468 e. The van der Waals surface area contributed by atoms with Crippen molar-refractivity contribution < 1.29 is 14.3 Å². The first kappa shape index (κ1) is 15.5. The topological polar surface area (TPSA) is 46.6 Å². The van der Waals surface area contributed by atoms with Crippen LogP contribution in [-0.2, 0) is 33.6 Å². The van der Waals surface area contributed by atoms with Gasteiger partial charge in [-0.2, -0.15) is 0 Å². The van der Waals surface area contributed by atoms with E-state index in [2.05, 4.69) is 16.9 Å². The lowest BCUT2D eigenvalue weighted by Gasteiger charge is -2.25. The fourth-order valence-corrected chi connectivity index (χ4v) is 2.77. The maximum Gasteiger partial charge on any atom is 0.325 e. The number of amides is 1. The number of carbonyl (C=O) groups excluding carboxylic acids is 2. The highest BCUT2D eigenvalue weighted by Crippen LogP contribution is 2.23. The molecule has 0 radical (unpaired) electrons. The molecule has 0 bridgehead atoms. The summed E-state index contributed by atoms with van der Waals surface area (Å²) in [5, 5.41) is 0. The van der Waals surface area contributed by atoms with Gasteiger partial charge >= 0.3 is 5.97 Å². The highest BCUT2D eigenvalue weighted by Gasteiger charge is 2.21. The molecule has 0 heterocycles. The second-order valence-corrected chi connectivity index (χ2v) is 5.82. The van der Waals surface area contributed by atoms with Gasteiger partial charge in [-0.25, -0.2) is 0 Å². The molecule has 0 N–H and O–H groups in total. The molecule has 114 valence electrons. The number of hydrogen-bond donors (Lipinski definition) is 0. The van der Waals surface area contributed by atoms with Crippen LogP contribution in [0.5, 0.6) is 0 Å². The molecule has 0 aliphatic heterocycles. The van der Waals surface area contributed by atoms with Gasteiger partial charge < -0.3 is 9.64 Å². The van der Waals surface area contributed by atoms with Crippen LogP contribution in [0.3, 0.4) is 0 Å². The minimum absolute atomic E-state index is 0.0118. The molecular weight excluding hydrogens is 266 g/mol. The molecule has 1 aromatic carbocycles. The number of nitrogens with zero attached hydrogens (tertiary/aromatic N) is 1. The first-order valence-electron chi connectivity index (χ1n) is 7.48. The third kappa shape index (κ3) is 3.84. The van der Waals surface area contributed by atoms with E-state index in [9.17, 15) is 9.59 Å². The van der Waals surface area contributed by atoms with Gasteiger partial charge in [-0.1, -0.05) is 18.2 Å². The highest BCUT2D eigenvalue weighted by molar-refractivity contribution is 5.83. The van der Waals surface area contributed by atoms with E-state index in [4.69, 9.17) is 0 Å². The van der Waals surface area contributed by atoms with Gasteiger partial charge in [0.1, 0.15) is 6.54 Å². The molecule has 1 aliphatic rings. The van der Waals surface area contributed by atoms with Crippen LogP contribution in [0.4, 0.5) is 0 Å². The van der Waals surface area contributed by atoms with Crippen LogP contribution in [0.2, 0.25) is 0 Å². The standard InChI is InChI=1S/C17H23NO3/c1-12(2)18(11-17(20)21-3)16(19)10-13-7-8-14-5-4-6-15(14)9-13/h7-9,12H,4-6,10-11H2,1-3H3. The molecule has 4 nitrogen and oxygen atoms in total. The van der Waals surface area contributed by atoms with Crippen LogP contribution in [0.15, 0.2) is 18.2 Å². The van der Waals surface area contributed by atoms with Gasteiger partial charge in [0.15, 0.2) is 0 Å². The van der Waals surface area contributed by atoms with Gasteiger partial charge in [-0.05, 0) is 49.8 Å².